The maximum atomic E-state index is 12.5. The third kappa shape index (κ3) is 46.6. The van der Waals surface area contributed by atoms with Crippen molar-refractivity contribution in [2.24, 2.45) is 0 Å². The molecule has 3 atom stereocenters. The molecule has 0 aromatic rings. The van der Waals surface area contributed by atoms with Crippen molar-refractivity contribution in [3.63, 3.8) is 0 Å². The molecule has 0 saturated heterocycles. The smallest absolute Gasteiger partial charge is 0.220 e. The summed E-state index contributed by atoms with van der Waals surface area (Å²) in [4.78, 5) is 12.5. The van der Waals surface area contributed by atoms with Crippen molar-refractivity contribution in [3.8, 4) is 0 Å². The Balaban J connectivity index is 3.46. The summed E-state index contributed by atoms with van der Waals surface area (Å²) in [6.45, 7) is 4.16. The van der Waals surface area contributed by atoms with Gasteiger partial charge >= 0.3 is 0 Å². The summed E-state index contributed by atoms with van der Waals surface area (Å²) in [6, 6.07) is -0.824. The first-order valence-electron chi connectivity index (χ1n) is 27.8. The van der Waals surface area contributed by atoms with Gasteiger partial charge in [0.05, 0.1) is 18.8 Å². The molecular weight excluding hydrogens is 763 g/mol. The van der Waals surface area contributed by atoms with E-state index in [-0.39, 0.29) is 12.5 Å². The second-order valence-electron chi connectivity index (χ2n) is 19.1. The monoisotopic (exact) mass is 872 g/mol. The van der Waals surface area contributed by atoms with Crippen LogP contribution in [0.2, 0.25) is 0 Å². The molecule has 0 heterocycles. The minimum atomic E-state index is -1.16. The topological polar surface area (TPSA) is 89.8 Å². The van der Waals surface area contributed by atoms with Crippen LogP contribution in [-0.2, 0) is 4.79 Å². The SMILES string of the molecule is CCCCCCCC/C=C/CCCC(O)C(O)C(CO)NC(=O)CCCCCCCCCCCCCCCCCCC/C=C\C/C=C\CCCCCCCCCCCCCCC. The van der Waals surface area contributed by atoms with Crippen molar-refractivity contribution in [1.82, 2.24) is 5.32 Å². The number of nitrogens with one attached hydrogen (secondary N) is 1. The number of aliphatic hydroxyl groups excluding tert-OH is 3. The van der Waals surface area contributed by atoms with E-state index in [1.807, 2.05) is 0 Å². The van der Waals surface area contributed by atoms with Gasteiger partial charge in [-0.2, -0.15) is 0 Å². The fraction of sp³-hybridized carbons (Fsp3) is 0.877. The van der Waals surface area contributed by atoms with E-state index in [1.165, 1.54) is 225 Å². The fourth-order valence-corrected chi connectivity index (χ4v) is 8.67. The van der Waals surface area contributed by atoms with E-state index in [9.17, 15) is 20.1 Å². The fourth-order valence-electron chi connectivity index (χ4n) is 8.67. The Hall–Kier alpha value is -1.43. The Morgan fingerprint density at radius 2 is 0.694 bits per heavy atom. The van der Waals surface area contributed by atoms with E-state index in [0.717, 1.165) is 44.9 Å². The van der Waals surface area contributed by atoms with Gasteiger partial charge in [-0.1, -0.05) is 256 Å². The van der Waals surface area contributed by atoms with Crippen LogP contribution in [-0.4, -0.2) is 46.1 Å². The van der Waals surface area contributed by atoms with Crippen LogP contribution in [0.5, 0.6) is 0 Å². The van der Waals surface area contributed by atoms with Gasteiger partial charge in [0.25, 0.3) is 0 Å². The number of allylic oxidation sites excluding steroid dienone is 6. The van der Waals surface area contributed by atoms with Gasteiger partial charge in [0, 0.05) is 6.42 Å². The van der Waals surface area contributed by atoms with Gasteiger partial charge in [-0.3, -0.25) is 4.79 Å². The van der Waals surface area contributed by atoms with Gasteiger partial charge in [0.2, 0.25) is 5.91 Å². The Morgan fingerprint density at radius 3 is 1.03 bits per heavy atom. The van der Waals surface area contributed by atoms with Gasteiger partial charge in [-0.05, 0) is 70.6 Å². The Bertz CT molecular complexity index is 962. The molecule has 0 saturated carbocycles. The average molecular weight is 873 g/mol. The summed E-state index contributed by atoms with van der Waals surface area (Å²) in [5.74, 6) is -0.153. The molecule has 1 amide bonds. The molecule has 0 fully saturated rings. The number of aliphatic hydroxyl groups is 3. The van der Waals surface area contributed by atoms with Gasteiger partial charge in [0.1, 0.15) is 6.10 Å². The second-order valence-corrected chi connectivity index (χ2v) is 19.1. The number of unbranched alkanes of at least 4 members (excludes halogenated alkanes) is 37. The van der Waals surface area contributed by atoms with E-state index >= 15 is 0 Å². The largest absolute Gasteiger partial charge is 0.394 e. The zero-order valence-electron chi connectivity index (χ0n) is 41.8. The minimum absolute atomic E-state index is 0.153. The van der Waals surface area contributed by atoms with E-state index in [1.54, 1.807) is 0 Å². The zero-order chi connectivity index (χ0) is 45.1. The van der Waals surface area contributed by atoms with Gasteiger partial charge in [-0.15, -0.1) is 0 Å². The highest BCUT2D eigenvalue weighted by Crippen LogP contribution is 2.17. The van der Waals surface area contributed by atoms with E-state index in [2.05, 4.69) is 55.6 Å². The molecule has 0 spiro atoms. The van der Waals surface area contributed by atoms with Crippen molar-refractivity contribution in [2.75, 3.05) is 6.61 Å². The molecule has 0 aliphatic carbocycles. The number of hydrogen-bond donors (Lipinski definition) is 4. The van der Waals surface area contributed by atoms with Gasteiger partial charge in [0.15, 0.2) is 0 Å². The molecule has 3 unspecified atom stereocenters. The average Bonchev–Trinajstić information content (AvgIpc) is 3.28. The number of rotatable bonds is 51. The van der Waals surface area contributed by atoms with Gasteiger partial charge < -0.3 is 20.6 Å². The lowest BCUT2D eigenvalue weighted by Crippen LogP contribution is -2.50. The lowest BCUT2D eigenvalue weighted by atomic mass is 10.0. The van der Waals surface area contributed by atoms with Crippen LogP contribution in [0.4, 0.5) is 0 Å². The van der Waals surface area contributed by atoms with Crippen LogP contribution in [0.3, 0.4) is 0 Å². The first kappa shape index (κ1) is 60.6. The number of carbonyl (C=O) groups is 1. The van der Waals surface area contributed by atoms with Crippen molar-refractivity contribution in [2.45, 2.75) is 315 Å². The molecule has 0 rings (SSSR count). The minimum Gasteiger partial charge on any atom is -0.394 e. The highest BCUT2D eigenvalue weighted by molar-refractivity contribution is 5.76. The van der Waals surface area contributed by atoms with Crippen molar-refractivity contribution in [1.29, 1.82) is 0 Å². The van der Waals surface area contributed by atoms with E-state index in [4.69, 9.17) is 0 Å². The molecule has 0 aromatic carbocycles. The van der Waals surface area contributed by atoms with Crippen molar-refractivity contribution in [3.05, 3.63) is 36.5 Å². The Morgan fingerprint density at radius 1 is 0.403 bits per heavy atom. The molecule has 0 aromatic heterocycles. The van der Waals surface area contributed by atoms with Crippen LogP contribution in [0, 0.1) is 0 Å². The first-order valence-corrected chi connectivity index (χ1v) is 27.8. The third-order valence-electron chi connectivity index (χ3n) is 13.0. The summed E-state index contributed by atoms with van der Waals surface area (Å²) < 4.78 is 0. The molecule has 5 nitrogen and oxygen atoms in total. The van der Waals surface area contributed by atoms with Crippen LogP contribution in [0.25, 0.3) is 0 Å². The predicted octanol–water partition coefficient (Wildman–Crippen LogP) is 17.1. The quantitative estimate of drug-likeness (QED) is 0.0362. The molecular formula is C57H109NO4. The highest BCUT2D eigenvalue weighted by Gasteiger charge is 2.26. The molecule has 62 heavy (non-hydrogen) atoms. The second kappa shape index (κ2) is 52.2. The number of hydrogen-bond acceptors (Lipinski definition) is 4. The summed E-state index contributed by atoms with van der Waals surface area (Å²) in [5, 5.41) is 33.5. The standard InChI is InChI=1S/C57H109NO4/c1-3-5-7-9-11-13-15-16-17-18-19-20-21-22-23-24-25-26-27-28-29-30-31-32-33-34-35-36-37-38-39-40-42-44-46-48-50-52-56(61)58-54(53-59)57(62)55(60)51-49-47-45-43-41-14-12-10-8-6-4-2/h23-24,26-27,43,45,54-55,57,59-60,62H,3-22,25,28-42,44,46-53H2,1-2H3,(H,58,61)/b24-23-,27-26-,45-43+. The maximum absolute atomic E-state index is 12.5. The number of carbonyl (C=O) groups excluding carboxylic acids is 1. The lowest BCUT2D eigenvalue weighted by Gasteiger charge is -2.26. The Labute approximate surface area is 387 Å². The molecule has 0 radical (unpaired) electrons. The molecule has 0 bridgehead atoms. The highest BCUT2D eigenvalue weighted by atomic mass is 16.3. The molecule has 4 N–H and O–H groups in total. The Kier molecular flexibility index (Phi) is 51.0. The van der Waals surface area contributed by atoms with E-state index < -0.39 is 18.2 Å². The zero-order valence-corrected chi connectivity index (χ0v) is 41.8. The molecule has 5 heteroatoms. The molecule has 0 aliphatic rings. The first-order chi connectivity index (χ1) is 30.6. The van der Waals surface area contributed by atoms with Crippen LogP contribution in [0.15, 0.2) is 36.5 Å². The summed E-state index contributed by atoms with van der Waals surface area (Å²) >= 11 is 0. The lowest BCUT2D eigenvalue weighted by molar-refractivity contribution is -0.124. The summed E-state index contributed by atoms with van der Waals surface area (Å²) in [5.41, 5.74) is 0. The van der Waals surface area contributed by atoms with Crippen LogP contribution >= 0.6 is 0 Å². The maximum Gasteiger partial charge on any atom is 0.220 e. The van der Waals surface area contributed by atoms with Gasteiger partial charge in [-0.25, -0.2) is 0 Å². The van der Waals surface area contributed by atoms with Crippen molar-refractivity contribution >= 4 is 5.91 Å². The molecule has 0 aliphatic heterocycles. The molecule has 366 valence electrons. The third-order valence-corrected chi connectivity index (χ3v) is 13.0. The van der Waals surface area contributed by atoms with Crippen molar-refractivity contribution < 1.29 is 20.1 Å². The summed E-state index contributed by atoms with van der Waals surface area (Å²) in [7, 11) is 0. The normalized spacial score (nSPS) is 13.6. The number of amides is 1. The van der Waals surface area contributed by atoms with Crippen LogP contribution in [0.1, 0.15) is 296 Å². The predicted molar refractivity (Wildman–Crippen MR) is 273 cm³/mol. The van der Waals surface area contributed by atoms with Crippen LogP contribution < -0.4 is 5.32 Å². The van der Waals surface area contributed by atoms with E-state index in [0.29, 0.717) is 12.8 Å². The summed E-state index contributed by atoms with van der Waals surface area (Å²) in [6.07, 6.45) is 67.5.